The molecule has 3 rings (SSSR count). The largest absolute Gasteiger partial charge is 0.417 e. The van der Waals surface area contributed by atoms with Crippen molar-refractivity contribution in [2.75, 3.05) is 5.32 Å². The van der Waals surface area contributed by atoms with Crippen LogP contribution in [-0.4, -0.2) is 10.9 Å². The van der Waals surface area contributed by atoms with Gasteiger partial charge in [0.05, 0.1) is 5.52 Å². The summed E-state index contributed by atoms with van der Waals surface area (Å²) in [6.45, 7) is 1.94. The van der Waals surface area contributed by atoms with E-state index in [4.69, 9.17) is 4.42 Å². The van der Waals surface area contributed by atoms with Gasteiger partial charge in [-0.15, -0.1) is 0 Å². The molecule has 0 saturated heterocycles. The number of fused-ring (bicyclic) bond motifs is 1. The summed E-state index contributed by atoms with van der Waals surface area (Å²) in [5.41, 5.74) is 3.28. The zero-order valence-electron chi connectivity index (χ0n) is 12.6. The molecule has 5 heteroatoms. The summed E-state index contributed by atoms with van der Waals surface area (Å²) in [7, 11) is 0. The number of hydrogen-bond donors (Lipinski definition) is 2. The number of nitrogens with one attached hydrogen (secondary N) is 2. The molecular formula is C18H16N2O3. The number of anilines is 1. The smallest absolute Gasteiger partial charge is 0.408 e. The van der Waals surface area contributed by atoms with Crippen LogP contribution >= 0.6 is 0 Å². The Bertz CT molecular complexity index is 920. The number of carbonyl (C=O) groups is 1. The second-order valence-electron chi connectivity index (χ2n) is 5.11. The van der Waals surface area contributed by atoms with Crippen molar-refractivity contribution in [2.45, 2.75) is 13.3 Å². The first-order valence-electron chi connectivity index (χ1n) is 7.35. The fraction of sp³-hybridized carbons (Fsp3) is 0.111. The highest BCUT2D eigenvalue weighted by Gasteiger charge is 2.09. The third kappa shape index (κ3) is 3.40. The molecule has 3 aromatic rings. The third-order valence-corrected chi connectivity index (χ3v) is 3.49. The number of amides is 1. The number of aromatic amines is 1. The van der Waals surface area contributed by atoms with E-state index in [1.54, 1.807) is 18.2 Å². The summed E-state index contributed by atoms with van der Waals surface area (Å²) in [4.78, 5) is 26.1. The van der Waals surface area contributed by atoms with Crippen LogP contribution in [0.4, 0.5) is 5.69 Å². The summed E-state index contributed by atoms with van der Waals surface area (Å²) < 4.78 is 4.94. The van der Waals surface area contributed by atoms with Crippen LogP contribution in [0.3, 0.4) is 0 Å². The van der Waals surface area contributed by atoms with Crippen molar-refractivity contribution in [3.8, 4) is 0 Å². The van der Waals surface area contributed by atoms with E-state index in [2.05, 4.69) is 10.3 Å². The molecule has 116 valence electrons. The average molecular weight is 308 g/mol. The number of benzene rings is 2. The SMILES string of the molecule is CC/C(=C\c1ccccc1)C(=O)Nc1ccc2oc(=O)[nH]c2c1. The molecule has 1 amide bonds. The minimum Gasteiger partial charge on any atom is -0.408 e. The van der Waals surface area contributed by atoms with E-state index in [-0.39, 0.29) is 5.91 Å². The Labute approximate surface area is 132 Å². The molecule has 0 bridgehead atoms. The van der Waals surface area contributed by atoms with Crippen LogP contribution in [0.25, 0.3) is 17.2 Å². The normalized spacial score (nSPS) is 11.6. The molecule has 0 aliphatic rings. The third-order valence-electron chi connectivity index (χ3n) is 3.49. The van der Waals surface area contributed by atoms with Gasteiger partial charge in [-0.3, -0.25) is 9.78 Å². The van der Waals surface area contributed by atoms with Gasteiger partial charge in [0.2, 0.25) is 0 Å². The Kier molecular flexibility index (Phi) is 4.10. The fourth-order valence-electron chi connectivity index (χ4n) is 2.32. The molecule has 0 unspecified atom stereocenters. The molecule has 1 aromatic heterocycles. The van der Waals surface area contributed by atoms with Gasteiger partial charge in [0.15, 0.2) is 5.58 Å². The molecule has 1 heterocycles. The standard InChI is InChI=1S/C18H16N2O3/c1-2-13(10-12-6-4-3-5-7-12)17(21)19-14-8-9-16-15(11-14)20-18(22)23-16/h3-11H,2H2,1H3,(H,19,21)(H,20,22)/b13-10+. The number of H-pyrrole nitrogens is 1. The predicted molar refractivity (Wildman–Crippen MR) is 90.2 cm³/mol. The Hall–Kier alpha value is -3.08. The Morgan fingerprint density at radius 1 is 1.22 bits per heavy atom. The lowest BCUT2D eigenvalue weighted by molar-refractivity contribution is -0.112. The van der Waals surface area contributed by atoms with Gasteiger partial charge >= 0.3 is 5.76 Å². The predicted octanol–water partition coefficient (Wildman–Crippen LogP) is 3.55. The molecule has 0 aliphatic heterocycles. The topological polar surface area (TPSA) is 75.1 Å². The van der Waals surface area contributed by atoms with E-state index in [0.29, 0.717) is 28.8 Å². The lowest BCUT2D eigenvalue weighted by atomic mass is 10.1. The van der Waals surface area contributed by atoms with Gasteiger partial charge in [0.25, 0.3) is 5.91 Å². The molecule has 2 N–H and O–H groups in total. The van der Waals surface area contributed by atoms with E-state index in [9.17, 15) is 9.59 Å². The first-order valence-corrected chi connectivity index (χ1v) is 7.35. The van der Waals surface area contributed by atoms with Gasteiger partial charge in [0.1, 0.15) is 0 Å². The van der Waals surface area contributed by atoms with Crippen LogP contribution in [-0.2, 0) is 4.79 Å². The minimum absolute atomic E-state index is 0.165. The maximum Gasteiger partial charge on any atom is 0.417 e. The fourth-order valence-corrected chi connectivity index (χ4v) is 2.32. The van der Waals surface area contributed by atoms with Crippen molar-refractivity contribution in [3.05, 3.63) is 70.2 Å². The monoisotopic (exact) mass is 308 g/mol. The van der Waals surface area contributed by atoms with E-state index < -0.39 is 5.76 Å². The Morgan fingerprint density at radius 3 is 2.74 bits per heavy atom. The minimum atomic E-state index is -0.512. The highest BCUT2D eigenvalue weighted by molar-refractivity contribution is 6.07. The Morgan fingerprint density at radius 2 is 2.00 bits per heavy atom. The number of aromatic nitrogens is 1. The quantitative estimate of drug-likeness (QED) is 0.724. The maximum absolute atomic E-state index is 12.4. The molecular weight excluding hydrogens is 292 g/mol. The van der Waals surface area contributed by atoms with Gasteiger partial charge in [0, 0.05) is 11.3 Å². The highest BCUT2D eigenvalue weighted by atomic mass is 16.4. The number of oxazole rings is 1. The van der Waals surface area contributed by atoms with Gasteiger partial charge < -0.3 is 9.73 Å². The van der Waals surface area contributed by atoms with Crippen molar-refractivity contribution in [1.29, 1.82) is 0 Å². The second-order valence-corrected chi connectivity index (χ2v) is 5.11. The van der Waals surface area contributed by atoms with Crippen LogP contribution < -0.4 is 11.1 Å². The van der Waals surface area contributed by atoms with Crippen LogP contribution in [0.1, 0.15) is 18.9 Å². The molecule has 23 heavy (non-hydrogen) atoms. The molecule has 0 saturated carbocycles. The van der Waals surface area contributed by atoms with Crippen LogP contribution in [0.15, 0.2) is 63.3 Å². The van der Waals surface area contributed by atoms with Crippen molar-refractivity contribution in [2.24, 2.45) is 0 Å². The molecule has 0 fully saturated rings. The molecule has 0 aliphatic carbocycles. The van der Waals surface area contributed by atoms with Crippen molar-refractivity contribution in [3.63, 3.8) is 0 Å². The summed E-state index contributed by atoms with van der Waals surface area (Å²) in [6.07, 6.45) is 2.49. The van der Waals surface area contributed by atoms with E-state index in [1.165, 1.54) is 0 Å². The zero-order valence-corrected chi connectivity index (χ0v) is 12.6. The van der Waals surface area contributed by atoms with E-state index >= 15 is 0 Å². The highest BCUT2D eigenvalue weighted by Crippen LogP contribution is 2.18. The van der Waals surface area contributed by atoms with Crippen LogP contribution in [0.5, 0.6) is 0 Å². The summed E-state index contributed by atoms with van der Waals surface area (Å²) in [6, 6.07) is 14.7. The molecule has 0 atom stereocenters. The van der Waals surface area contributed by atoms with E-state index in [1.807, 2.05) is 43.3 Å². The lowest BCUT2D eigenvalue weighted by Gasteiger charge is -2.07. The van der Waals surface area contributed by atoms with Crippen molar-refractivity contribution in [1.82, 2.24) is 4.98 Å². The molecule has 5 nitrogen and oxygen atoms in total. The second kappa shape index (κ2) is 6.36. The lowest BCUT2D eigenvalue weighted by Crippen LogP contribution is -2.13. The van der Waals surface area contributed by atoms with Crippen molar-refractivity contribution < 1.29 is 9.21 Å². The van der Waals surface area contributed by atoms with Gasteiger partial charge in [-0.2, -0.15) is 0 Å². The van der Waals surface area contributed by atoms with Crippen LogP contribution in [0, 0.1) is 0 Å². The summed E-state index contributed by atoms with van der Waals surface area (Å²) in [5.74, 6) is -0.678. The van der Waals surface area contributed by atoms with Gasteiger partial charge in [-0.1, -0.05) is 37.3 Å². The van der Waals surface area contributed by atoms with Crippen molar-refractivity contribution >= 4 is 28.8 Å². The summed E-state index contributed by atoms with van der Waals surface area (Å²) in [5, 5.41) is 2.84. The van der Waals surface area contributed by atoms with Gasteiger partial charge in [-0.05, 0) is 36.3 Å². The molecule has 0 radical (unpaired) electrons. The number of carbonyl (C=O) groups excluding carboxylic acids is 1. The number of rotatable bonds is 4. The molecule has 2 aromatic carbocycles. The Balaban J connectivity index is 1.83. The summed E-state index contributed by atoms with van der Waals surface area (Å²) >= 11 is 0. The maximum atomic E-state index is 12.4. The molecule has 0 spiro atoms. The van der Waals surface area contributed by atoms with Crippen LogP contribution in [0.2, 0.25) is 0 Å². The zero-order chi connectivity index (χ0) is 16.2. The van der Waals surface area contributed by atoms with Gasteiger partial charge in [-0.25, -0.2) is 4.79 Å². The van der Waals surface area contributed by atoms with E-state index in [0.717, 1.165) is 5.56 Å². The number of hydrogen-bond acceptors (Lipinski definition) is 3. The first kappa shape index (κ1) is 14.8. The first-order chi connectivity index (χ1) is 11.2. The average Bonchev–Trinajstić information content (AvgIpc) is 2.92.